The van der Waals surface area contributed by atoms with Crippen LogP contribution in [0.2, 0.25) is 5.15 Å². The van der Waals surface area contributed by atoms with Crippen LogP contribution in [0.5, 0.6) is 0 Å². The van der Waals surface area contributed by atoms with Crippen molar-refractivity contribution in [1.82, 2.24) is 9.97 Å². The van der Waals surface area contributed by atoms with Crippen molar-refractivity contribution < 1.29 is 0 Å². The van der Waals surface area contributed by atoms with E-state index in [9.17, 15) is 0 Å². The summed E-state index contributed by atoms with van der Waals surface area (Å²) in [6.07, 6.45) is 2.56. The molecule has 0 amide bonds. The number of nitrogens with one attached hydrogen (secondary N) is 1. The molecule has 0 saturated carbocycles. The number of anilines is 1. The highest BCUT2D eigenvalue weighted by Crippen LogP contribution is 2.28. The molecule has 0 aliphatic carbocycles. The lowest BCUT2D eigenvalue weighted by atomic mass is 9.98. The summed E-state index contributed by atoms with van der Waals surface area (Å²) in [4.78, 5) is 8.39. The third kappa shape index (κ3) is 4.18. The lowest BCUT2D eigenvalue weighted by Crippen LogP contribution is -2.10. The van der Waals surface area contributed by atoms with Gasteiger partial charge in [-0.25, -0.2) is 9.97 Å². The molecular weight excluding hydrogens is 282 g/mol. The van der Waals surface area contributed by atoms with Crippen LogP contribution in [0.25, 0.3) is 0 Å². The highest BCUT2D eigenvalue weighted by molar-refractivity contribution is 6.30. The van der Waals surface area contributed by atoms with Crippen molar-refractivity contribution in [2.24, 2.45) is 0 Å². The lowest BCUT2D eigenvalue weighted by Gasteiger charge is -2.16. The fraction of sp³-hybridized carbons (Fsp3) is 0.412. The minimum Gasteiger partial charge on any atom is -0.370 e. The van der Waals surface area contributed by atoms with Gasteiger partial charge in [0, 0.05) is 12.1 Å². The normalized spacial score (nSPS) is 12.4. The summed E-state index contributed by atoms with van der Waals surface area (Å²) >= 11 is 6.17. The molecule has 112 valence electrons. The van der Waals surface area contributed by atoms with Gasteiger partial charge >= 0.3 is 0 Å². The molecule has 2 aromatic rings. The second-order valence-corrected chi connectivity index (χ2v) is 5.97. The van der Waals surface area contributed by atoms with Gasteiger partial charge in [-0.3, -0.25) is 0 Å². The van der Waals surface area contributed by atoms with Crippen molar-refractivity contribution in [3.63, 3.8) is 0 Å². The summed E-state index contributed by atoms with van der Waals surface area (Å²) in [6.45, 7) is 7.31. The van der Waals surface area contributed by atoms with E-state index in [1.807, 2.05) is 6.07 Å². The van der Waals surface area contributed by atoms with Crippen LogP contribution >= 0.6 is 11.6 Å². The monoisotopic (exact) mass is 303 g/mol. The first-order chi connectivity index (χ1) is 10.1. The first kappa shape index (κ1) is 15.8. The van der Waals surface area contributed by atoms with Gasteiger partial charge in [-0.1, -0.05) is 62.7 Å². The Hall–Kier alpha value is -1.61. The Balaban J connectivity index is 1.97. The smallest absolute Gasteiger partial charge is 0.138 e. The van der Waals surface area contributed by atoms with Crippen LogP contribution in [0, 0.1) is 0 Å². The molecule has 3 nitrogen and oxygen atoms in total. The molecule has 0 radical (unpaired) electrons. The van der Waals surface area contributed by atoms with E-state index in [-0.39, 0.29) is 0 Å². The molecule has 1 aromatic carbocycles. The van der Waals surface area contributed by atoms with Gasteiger partial charge in [-0.15, -0.1) is 0 Å². The largest absolute Gasteiger partial charge is 0.370 e. The fourth-order valence-electron chi connectivity index (χ4n) is 2.38. The number of hydrogen-bond acceptors (Lipinski definition) is 3. The quantitative estimate of drug-likeness (QED) is 0.774. The van der Waals surface area contributed by atoms with E-state index in [0.29, 0.717) is 17.0 Å². The molecule has 0 spiro atoms. The molecule has 1 unspecified atom stereocenters. The molecule has 0 bridgehead atoms. The van der Waals surface area contributed by atoms with E-state index >= 15 is 0 Å². The second kappa shape index (κ2) is 7.41. The Kier molecular flexibility index (Phi) is 5.57. The summed E-state index contributed by atoms with van der Waals surface area (Å²) in [7, 11) is 0. The average molecular weight is 304 g/mol. The minimum atomic E-state index is 0.299. The highest BCUT2D eigenvalue weighted by Gasteiger charge is 2.13. The molecule has 0 aliphatic heterocycles. The van der Waals surface area contributed by atoms with Gasteiger partial charge in [0.15, 0.2) is 0 Å². The van der Waals surface area contributed by atoms with Crippen LogP contribution in [-0.2, 0) is 0 Å². The lowest BCUT2D eigenvalue weighted by molar-refractivity contribution is 0.703. The van der Waals surface area contributed by atoms with Crippen LogP contribution in [0.1, 0.15) is 50.2 Å². The number of aromatic nitrogens is 2. The van der Waals surface area contributed by atoms with Gasteiger partial charge in [0.05, 0.1) is 0 Å². The van der Waals surface area contributed by atoms with Crippen LogP contribution in [0.15, 0.2) is 36.7 Å². The predicted octanol–water partition coefficient (Wildman–Crippen LogP) is 4.86. The van der Waals surface area contributed by atoms with E-state index in [0.717, 1.165) is 24.3 Å². The molecule has 2 rings (SSSR count). The molecule has 1 N–H and O–H groups in total. The predicted molar refractivity (Wildman–Crippen MR) is 89.1 cm³/mol. The Morgan fingerprint density at radius 2 is 1.81 bits per heavy atom. The topological polar surface area (TPSA) is 37.8 Å². The van der Waals surface area contributed by atoms with Crippen LogP contribution in [-0.4, -0.2) is 16.5 Å². The Bertz CT molecular complexity index is 570. The van der Waals surface area contributed by atoms with Crippen molar-refractivity contribution in [2.45, 2.75) is 39.0 Å². The number of halogens is 1. The van der Waals surface area contributed by atoms with E-state index in [4.69, 9.17) is 11.6 Å². The number of hydrogen-bond donors (Lipinski definition) is 1. The van der Waals surface area contributed by atoms with Crippen LogP contribution in [0.4, 0.5) is 5.82 Å². The first-order valence-corrected chi connectivity index (χ1v) is 7.76. The van der Waals surface area contributed by atoms with Crippen molar-refractivity contribution in [2.75, 3.05) is 11.9 Å². The zero-order chi connectivity index (χ0) is 15.2. The number of nitrogens with zero attached hydrogens (tertiary/aromatic N) is 2. The minimum absolute atomic E-state index is 0.299. The van der Waals surface area contributed by atoms with Gasteiger partial charge in [-0.05, 0) is 23.8 Å². The zero-order valence-corrected chi connectivity index (χ0v) is 13.6. The first-order valence-electron chi connectivity index (χ1n) is 7.38. The molecule has 1 aromatic heterocycles. The summed E-state index contributed by atoms with van der Waals surface area (Å²) in [5.41, 5.74) is 2.36. The Morgan fingerprint density at radius 3 is 2.48 bits per heavy atom. The van der Waals surface area contributed by atoms with E-state index in [1.54, 1.807) is 0 Å². The summed E-state index contributed by atoms with van der Waals surface area (Å²) in [5.74, 6) is 1.66. The molecule has 0 aliphatic rings. The number of benzene rings is 1. The maximum absolute atomic E-state index is 6.17. The van der Waals surface area contributed by atoms with Gasteiger partial charge in [0.2, 0.25) is 0 Å². The van der Waals surface area contributed by atoms with Crippen LogP contribution in [0.3, 0.4) is 0 Å². The molecule has 4 heteroatoms. The van der Waals surface area contributed by atoms with Gasteiger partial charge in [0.25, 0.3) is 0 Å². The zero-order valence-electron chi connectivity index (χ0n) is 12.8. The van der Waals surface area contributed by atoms with Gasteiger partial charge in [0.1, 0.15) is 17.3 Å². The second-order valence-electron chi connectivity index (χ2n) is 5.61. The summed E-state index contributed by atoms with van der Waals surface area (Å²) < 4.78 is 0. The summed E-state index contributed by atoms with van der Waals surface area (Å²) in [5, 5.41) is 3.94. The van der Waals surface area contributed by atoms with Gasteiger partial charge < -0.3 is 5.32 Å². The third-order valence-corrected chi connectivity index (χ3v) is 3.95. The Labute approximate surface area is 131 Å². The molecule has 1 atom stereocenters. The molecule has 21 heavy (non-hydrogen) atoms. The standard InChI is InChI=1S/C17H22ClN3/c1-12(2)15-16(18)20-11-21-17(15)19-10-9-13(3)14-7-5-4-6-8-14/h4-8,11-13H,9-10H2,1-3H3,(H,19,20,21). The van der Waals surface area contributed by atoms with E-state index in [1.165, 1.54) is 11.9 Å². The van der Waals surface area contributed by atoms with Crippen molar-refractivity contribution in [1.29, 1.82) is 0 Å². The van der Waals surface area contributed by atoms with Crippen molar-refractivity contribution >= 4 is 17.4 Å². The summed E-state index contributed by atoms with van der Waals surface area (Å²) in [6, 6.07) is 10.6. The molecule has 0 fully saturated rings. The van der Waals surface area contributed by atoms with Crippen molar-refractivity contribution in [3.05, 3.63) is 52.9 Å². The SMILES string of the molecule is CC(C)c1c(Cl)ncnc1NCCC(C)c1ccccc1. The van der Waals surface area contributed by atoms with Crippen molar-refractivity contribution in [3.8, 4) is 0 Å². The highest BCUT2D eigenvalue weighted by atomic mass is 35.5. The van der Waals surface area contributed by atoms with Gasteiger partial charge in [-0.2, -0.15) is 0 Å². The fourth-order valence-corrected chi connectivity index (χ4v) is 2.73. The van der Waals surface area contributed by atoms with Crippen LogP contribution < -0.4 is 5.32 Å². The van der Waals surface area contributed by atoms with E-state index < -0.39 is 0 Å². The molecule has 1 heterocycles. The maximum Gasteiger partial charge on any atom is 0.138 e. The molecule has 0 saturated heterocycles. The molecular formula is C17H22ClN3. The third-order valence-electron chi connectivity index (χ3n) is 3.65. The number of rotatable bonds is 6. The Morgan fingerprint density at radius 1 is 1.10 bits per heavy atom. The van der Waals surface area contributed by atoms with E-state index in [2.05, 4.69) is 60.3 Å². The average Bonchev–Trinajstić information content (AvgIpc) is 2.47. The maximum atomic E-state index is 6.17.